The summed E-state index contributed by atoms with van der Waals surface area (Å²) < 4.78 is 18.5. The molecule has 1 unspecified atom stereocenters. The normalized spacial score (nSPS) is 17.6. The van der Waals surface area contributed by atoms with Crippen molar-refractivity contribution in [1.29, 1.82) is 0 Å². The van der Waals surface area contributed by atoms with Gasteiger partial charge in [-0.2, -0.15) is 0 Å². The van der Waals surface area contributed by atoms with Gasteiger partial charge in [-0.1, -0.05) is 0 Å². The molecule has 1 atom stereocenters. The molecule has 170 valence electrons. The highest BCUT2D eigenvalue weighted by Crippen LogP contribution is 2.27. The molecule has 0 amide bonds. The van der Waals surface area contributed by atoms with Crippen molar-refractivity contribution in [2.24, 2.45) is 0 Å². The summed E-state index contributed by atoms with van der Waals surface area (Å²) in [5.74, 6) is -0.332. The summed E-state index contributed by atoms with van der Waals surface area (Å²) in [7, 11) is 0. The minimum atomic E-state index is -0.613. The molecule has 4 rings (SSSR count). The molecular formula is C23H28N4O5. The second kappa shape index (κ2) is 8.76. The second-order valence-electron chi connectivity index (χ2n) is 8.20. The van der Waals surface area contributed by atoms with Gasteiger partial charge in [0.1, 0.15) is 17.5 Å². The number of carbonyl (C=O) groups is 1. The van der Waals surface area contributed by atoms with E-state index in [0.29, 0.717) is 42.5 Å². The Morgan fingerprint density at radius 1 is 1.31 bits per heavy atom. The van der Waals surface area contributed by atoms with Gasteiger partial charge in [-0.15, -0.1) is 0 Å². The van der Waals surface area contributed by atoms with E-state index in [9.17, 15) is 9.90 Å². The number of nitrogens with one attached hydrogen (secondary N) is 1. The average Bonchev–Trinajstić information content (AvgIpc) is 3.28. The SMILES string of the molecule is CCOC(=O)c1ccc2nc(NCC3COC(C)(C)O3)n(Cc3nc(C)ccc3O)c2c1. The highest BCUT2D eigenvalue weighted by atomic mass is 16.7. The van der Waals surface area contributed by atoms with Crippen molar-refractivity contribution in [3.05, 3.63) is 47.3 Å². The predicted octanol–water partition coefficient (Wildman–Crippen LogP) is 3.23. The lowest BCUT2D eigenvalue weighted by Gasteiger charge is -2.18. The smallest absolute Gasteiger partial charge is 0.338 e. The van der Waals surface area contributed by atoms with Crippen molar-refractivity contribution in [2.75, 3.05) is 25.1 Å². The number of aromatic nitrogens is 3. The van der Waals surface area contributed by atoms with Crippen LogP contribution in [0, 0.1) is 6.92 Å². The number of fused-ring (bicyclic) bond motifs is 1. The number of nitrogens with zero attached hydrogens (tertiary/aromatic N) is 3. The Bertz CT molecular complexity index is 1140. The van der Waals surface area contributed by atoms with Gasteiger partial charge in [0.15, 0.2) is 5.79 Å². The Hall–Kier alpha value is -3.17. The molecule has 0 aliphatic carbocycles. The van der Waals surface area contributed by atoms with Crippen LogP contribution in [0.5, 0.6) is 5.75 Å². The molecule has 1 aliphatic heterocycles. The van der Waals surface area contributed by atoms with E-state index in [1.807, 2.05) is 25.3 Å². The van der Waals surface area contributed by atoms with Gasteiger partial charge in [0, 0.05) is 12.2 Å². The topological polar surface area (TPSA) is 108 Å². The van der Waals surface area contributed by atoms with Crippen LogP contribution in [0.2, 0.25) is 0 Å². The van der Waals surface area contributed by atoms with Crippen molar-refractivity contribution >= 4 is 23.0 Å². The van der Waals surface area contributed by atoms with Crippen molar-refractivity contribution in [2.45, 2.75) is 46.1 Å². The van der Waals surface area contributed by atoms with Crippen molar-refractivity contribution in [3.8, 4) is 5.75 Å². The molecule has 0 saturated carbocycles. The number of hydrogen-bond donors (Lipinski definition) is 2. The van der Waals surface area contributed by atoms with Crippen LogP contribution < -0.4 is 5.32 Å². The molecule has 1 fully saturated rings. The standard InChI is InChI=1S/C23H28N4O5/c1-5-30-21(29)15-7-8-17-19(10-15)27(12-18-20(28)9-6-14(2)25-18)22(26-17)24-11-16-13-31-23(3,4)32-16/h6-10,16,28H,5,11-13H2,1-4H3,(H,24,26). The van der Waals surface area contributed by atoms with E-state index in [1.165, 1.54) is 0 Å². The summed E-state index contributed by atoms with van der Waals surface area (Å²) in [4.78, 5) is 21.4. The first-order valence-electron chi connectivity index (χ1n) is 10.6. The Morgan fingerprint density at radius 3 is 2.84 bits per heavy atom. The second-order valence-corrected chi connectivity index (χ2v) is 8.20. The van der Waals surface area contributed by atoms with Crippen molar-refractivity contribution in [3.63, 3.8) is 0 Å². The fourth-order valence-electron chi connectivity index (χ4n) is 3.70. The van der Waals surface area contributed by atoms with Crippen LogP contribution >= 0.6 is 0 Å². The average molecular weight is 441 g/mol. The Labute approximate surface area is 186 Å². The maximum absolute atomic E-state index is 12.3. The number of benzene rings is 1. The minimum Gasteiger partial charge on any atom is -0.506 e. The van der Waals surface area contributed by atoms with Gasteiger partial charge in [0.25, 0.3) is 0 Å². The van der Waals surface area contributed by atoms with Crippen LogP contribution in [0.4, 0.5) is 5.95 Å². The fraction of sp³-hybridized carbons (Fsp3) is 0.435. The van der Waals surface area contributed by atoms with E-state index in [4.69, 9.17) is 19.2 Å². The lowest BCUT2D eigenvalue weighted by atomic mass is 10.2. The number of imidazole rings is 1. The van der Waals surface area contributed by atoms with E-state index in [0.717, 1.165) is 11.2 Å². The van der Waals surface area contributed by atoms with E-state index in [1.54, 1.807) is 37.3 Å². The predicted molar refractivity (Wildman–Crippen MR) is 119 cm³/mol. The van der Waals surface area contributed by atoms with Gasteiger partial charge >= 0.3 is 5.97 Å². The number of anilines is 1. The highest BCUT2D eigenvalue weighted by molar-refractivity contribution is 5.94. The zero-order valence-electron chi connectivity index (χ0n) is 18.7. The van der Waals surface area contributed by atoms with E-state index in [-0.39, 0.29) is 18.4 Å². The monoisotopic (exact) mass is 440 g/mol. The third-order valence-corrected chi connectivity index (χ3v) is 5.21. The molecule has 3 aromatic rings. The maximum atomic E-state index is 12.3. The summed E-state index contributed by atoms with van der Waals surface area (Å²) in [6, 6.07) is 8.60. The molecule has 3 heterocycles. The van der Waals surface area contributed by atoms with Crippen LogP contribution in [0.1, 0.15) is 42.5 Å². The first-order chi connectivity index (χ1) is 15.3. The molecule has 9 heteroatoms. The molecule has 1 aromatic carbocycles. The first-order valence-corrected chi connectivity index (χ1v) is 10.6. The third-order valence-electron chi connectivity index (χ3n) is 5.21. The van der Waals surface area contributed by atoms with Crippen LogP contribution in [0.25, 0.3) is 11.0 Å². The summed E-state index contributed by atoms with van der Waals surface area (Å²) in [5.41, 5.74) is 3.17. The Morgan fingerprint density at radius 2 is 2.12 bits per heavy atom. The molecule has 1 saturated heterocycles. The van der Waals surface area contributed by atoms with E-state index >= 15 is 0 Å². The zero-order valence-corrected chi connectivity index (χ0v) is 18.7. The van der Waals surface area contributed by atoms with Gasteiger partial charge < -0.3 is 29.2 Å². The molecule has 32 heavy (non-hydrogen) atoms. The molecule has 2 aromatic heterocycles. The van der Waals surface area contributed by atoms with Crippen LogP contribution in [0.15, 0.2) is 30.3 Å². The minimum absolute atomic E-state index is 0.0965. The number of rotatable bonds is 7. The number of aryl methyl sites for hydroxylation is 1. The lowest BCUT2D eigenvalue weighted by molar-refractivity contribution is -0.136. The van der Waals surface area contributed by atoms with Crippen LogP contribution in [-0.2, 0) is 20.8 Å². The van der Waals surface area contributed by atoms with E-state index in [2.05, 4.69) is 10.3 Å². The summed E-state index contributed by atoms with van der Waals surface area (Å²) in [6.45, 7) is 8.93. The third kappa shape index (κ3) is 4.68. The number of esters is 1. The summed E-state index contributed by atoms with van der Waals surface area (Å²) >= 11 is 0. The fourth-order valence-corrected chi connectivity index (χ4v) is 3.70. The quantitative estimate of drug-likeness (QED) is 0.539. The zero-order chi connectivity index (χ0) is 22.9. The highest BCUT2D eigenvalue weighted by Gasteiger charge is 2.32. The molecule has 0 bridgehead atoms. The van der Waals surface area contributed by atoms with Crippen LogP contribution in [-0.4, -0.2) is 57.3 Å². The molecular weight excluding hydrogens is 412 g/mol. The summed E-state index contributed by atoms with van der Waals surface area (Å²) in [6.07, 6.45) is -0.126. The molecule has 0 spiro atoms. The van der Waals surface area contributed by atoms with Gasteiger partial charge in [-0.3, -0.25) is 4.98 Å². The Balaban J connectivity index is 1.69. The number of carbonyl (C=O) groups excluding carboxylic acids is 1. The molecule has 0 radical (unpaired) electrons. The number of aromatic hydroxyl groups is 1. The van der Waals surface area contributed by atoms with Crippen molar-refractivity contribution < 1.29 is 24.1 Å². The lowest BCUT2D eigenvalue weighted by Crippen LogP contribution is -2.26. The number of pyridine rings is 1. The molecule has 2 N–H and O–H groups in total. The summed E-state index contributed by atoms with van der Waals surface area (Å²) in [5, 5.41) is 13.7. The van der Waals surface area contributed by atoms with E-state index < -0.39 is 11.8 Å². The van der Waals surface area contributed by atoms with Gasteiger partial charge in [-0.25, -0.2) is 9.78 Å². The molecule has 9 nitrogen and oxygen atoms in total. The molecule has 1 aliphatic rings. The number of ether oxygens (including phenoxy) is 3. The Kier molecular flexibility index (Phi) is 6.03. The first kappa shape index (κ1) is 22.0. The maximum Gasteiger partial charge on any atom is 0.338 e. The largest absolute Gasteiger partial charge is 0.506 e. The van der Waals surface area contributed by atoms with Gasteiger partial charge in [-0.05, 0) is 58.0 Å². The van der Waals surface area contributed by atoms with Crippen LogP contribution in [0.3, 0.4) is 0 Å². The van der Waals surface area contributed by atoms with Crippen molar-refractivity contribution in [1.82, 2.24) is 14.5 Å². The number of hydrogen-bond acceptors (Lipinski definition) is 8. The van der Waals surface area contributed by atoms with Gasteiger partial charge in [0.05, 0.1) is 36.4 Å². The van der Waals surface area contributed by atoms with Gasteiger partial charge in [0.2, 0.25) is 5.95 Å².